The zero-order valence-corrected chi connectivity index (χ0v) is 44.9. The van der Waals surface area contributed by atoms with Gasteiger partial charge in [0.15, 0.2) is 0 Å². The standard InChI is InChI=1S/C77H48N6/c1-78-74-71(52-29-15-6-16-30-52)62(72-59-39-35-55(50-25-11-4-12-26-50)45-68(59)83-69-46-56(51-27-13-5-14-28-51)37-41-64(69)80-76(72)83)47-70(75(74)81-65-33-19-17-31-57(65)58-32-18-20-34-66(58)81)82-67-42-38-54(49-23-9-3-10-24-49)44-61(67)73-60-43-53(48-21-7-2-8-22-48)36-40-63(60)79-77(73)82/h2-47,72-73H. The van der Waals surface area contributed by atoms with E-state index in [0.717, 1.165) is 151 Å². The molecule has 6 heteroatoms. The van der Waals surface area contributed by atoms with Gasteiger partial charge < -0.3 is 4.57 Å². The Bertz CT molecular complexity index is 4980. The van der Waals surface area contributed by atoms with Gasteiger partial charge in [-0.05, 0) is 139 Å². The van der Waals surface area contributed by atoms with Gasteiger partial charge in [0.25, 0.3) is 0 Å². The Morgan fingerprint density at radius 2 is 0.855 bits per heavy atom. The summed E-state index contributed by atoms with van der Waals surface area (Å²) >= 11 is 0. The summed E-state index contributed by atoms with van der Waals surface area (Å²) in [7, 11) is 0. The highest BCUT2D eigenvalue weighted by atomic mass is 15.3. The third-order valence-electron chi connectivity index (χ3n) is 17.4. The zero-order chi connectivity index (χ0) is 54.7. The van der Waals surface area contributed by atoms with Crippen molar-refractivity contribution in [1.82, 2.24) is 14.1 Å². The van der Waals surface area contributed by atoms with E-state index < -0.39 is 5.92 Å². The van der Waals surface area contributed by atoms with E-state index in [-0.39, 0.29) is 5.92 Å². The maximum atomic E-state index is 9.80. The highest BCUT2D eigenvalue weighted by Gasteiger charge is 2.45. The van der Waals surface area contributed by atoms with E-state index in [0.29, 0.717) is 5.69 Å². The van der Waals surface area contributed by atoms with Gasteiger partial charge >= 0.3 is 0 Å². The minimum atomic E-state index is -0.404. The lowest BCUT2D eigenvalue weighted by Crippen LogP contribution is -2.24. The summed E-state index contributed by atoms with van der Waals surface area (Å²) in [6.07, 6.45) is 0. The molecule has 0 spiro atoms. The van der Waals surface area contributed by atoms with E-state index in [9.17, 15) is 6.57 Å². The smallest absolute Gasteiger partial charge is 0.220 e. The molecular weight excluding hydrogens is 1010 g/mol. The summed E-state index contributed by atoms with van der Waals surface area (Å²) in [6, 6.07) is 100. The van der Waals surface area contributed by atoms with E-state index in [2.05, 4.69) is 293 Å². The highest BCUT2D eigenvalue weighted by Crippen LogP contribution is 2.59. The first-order valence-electron chi connectivity index (χ1n) is 28.3. The Kier molecular flexibility index (Phi) is 10.4. The number of aromatic nitrogens is 3. The van der Waals surface area contributed by atoms with Crippen molar-refractivity contribution in [2.45, 2.75) is 11.8 Å². The molecule has 0 radical (unpaired) electrons. The summed E-state index contributed by atoms with van der Waals surface area (Å²) in [5.74, 6) is 1.19. The molecule has 12 aromatic carbocycles. The first-order chi connectivity index (χ1) is 41.1. The summed E-state index contributed by atoms with van der Waals surface area (Å²) in [4.78, 5) is 18.7. The second kappa shape index (κ2) is 18.5. The van der Waals surface area contributed by atoms with Gasteiger partial charge in [-0.3, -0.25) is 9.47 Å². The van der Waals surface area contributed by atoms with Crippen LogP contribution in [0.4, 0.5) is 22.7 Å². The number of imidazole rings is 1. The van der Waals surface area contributed by atoms with Crippen molar-refractivity contribution < 1.29 is 0 Å². The SMILES string of the molecule is [C-]#[N+]c1c(-c2ccccc2)c(C2c3ccc(-c4ccccc4)cc3-n3c2nc2ccc(-c4ccccc4)cc23)cc(N2C3=Nc4ccc(-c5ccccc5)cc4C3c3cc(-c4ccccc4)ccc32)c1-n1c2ccccc2c2ccccc21. The third-order valence-corrected chi connectivity index (χ3v) is 17.4. The number of hydrogen-bond acceptors (Lipinski definition) is 3. The molecule has 3 aliphatic heterocycles. The van der Waals surface area contributed by atoms with Gasteiger partial charge in [0, 0.05) is 10.8 Å². The van der Waals surface area contributed by atoms with Gasteiger partial charge in [0.05, 0.1) is 68.9 Å². The van der Waals surface area contributed by atoms with Crippen LogP contribution in [0.15, 0.2) is 284 Å². The average molecular weight is 1060 g/mol. The summed E-state index contributed by atoms with van der Waals surface area (Å²) in [6.45, 7) is 9.80. The van der Waals surface area contributed by atoms with Gasteiger partial charge in [-0.25, -0.2) is 14.8 Å². The number of fused-ring (bicyclic) bond motifs is 13. The summed E-state index contributed by atoms with van der Waals surface area (Å²) in [5.41, 5.74) is 24.6. The predicted molar refractivity (Wildman–Crippen MR) is 340 cm³/mol. The van der Waals surface area contributed by atoms with Crippen LogP contribution in [0.25, 0.3) is 105 Å². The maximum absolute atomic E-state index is 9.80. The van der Waals surface area contributed by atoms with Gasteiger partial charge in [-0.15, -0.1) is 0 Å². The number of aliphatic imine (C=N–C) groups is 1. The molecule has 2 aromatic heterocycles. The lowest BCUT2D eigenvalue weighted by molar-refractivity contribution is 0.911. The van der Waals surface area contributed by atoms with Crippen LogP contribution in [0, 0.1) is 6.57 Å². The Hall–Kier alpha value is -11.1. The quantitative estimate of drug-likeness (QED) is 0.142. The fourth-order valence-electron chi connectivity index (χ4n) is 13.7. The van der Waals surface area contributed by atoms with Crippen LogP contribution in [0.3, 0.4) is 0 Å². The second-order valence-electron chi connectivity index (χ2n) is 21.9. The second-order valence-corrected chi connectivity index (χ2v) is 21.9. The van der Waals surface area contributed by atoms with Crippen molar-refractivity contribution in [2.24, 2.45) is 4.99 Å². The molecule has 0 fully saturated rings. The van der Waals surface area contributed by atoms with Crippen molar-refractivity contribution in [3.05, 3.63) is 319 Å². The molecule has 0 N–H and O–H groups in total. The normalized spacial score (nSPS) is 14.5. The van der Waals surface area contributed by atoms with E-state index >= 15 is 0 Å². The Balaban J connectivity index is 0.998. The number of amidine groups is 1. The number of nitrogens with zero attached hydrogens (tertiary/aromatic N) is 6. The lowest BCUT2D eigenvalue weighted by atomic mass is 9.83. The molecule has 0 saturated heterocycles. The van der Waals surface area contributed by atoms with Crippen LogP contribution < -0.4 is 4.90 Å². The first-order valence-corrected chi connectivity index (χ1v) is 28.3. The number of anilines is 2. The number of hydrogen-bond donors (Lipinski definition) is 0. The van der Waals surface area contributed by atoms with E-state index in [1.165, 1.54) is 0 Å². The van der Waals surface area contributed by atoms with Crippen molar-refractivity contribution >= 4 is 61.4 Å². The topological polar surface area (TPSA) is 42.7 Å². The Labute approximate surface area is 480 Å². The molecule has 0 bridgehead atoms. The van der Waals surface area contributed by atoms with Crippen LogP contribution in [0.2, 0.25) is 0 Å². The number of para-hydroxylation sites is 2. The highest BCUT2D eigenvalue weighted by molar-refractivity contribution is 6.21. The lowest BCUT2D eigenvalue weighted by Gasteiger charge is -2.30. The Morgan fingerprint density at radius 3 is 1.46 bits per heavy atom. The van der Waals surface area contributed by atoms with Crippen LogP contribution in [-0.4, -0.2) is 20.0 Å². The molecule has 5 heterocycles. The monoisotopic (exact) mass is 1060 g/mol. The van der Waals surface area contributed by atoms with Crippen LogP contribution >= 0.6 is 0 Å². The van der Waals surface area contributed by atoms with Gasteiger partial charge in [0.1, 0.15) is 11.7 Å². The van der Waals surface area contributed by atoms with Crippen molar-refractivity contribution in [1.29, 1.82) is 0 Å². The molecule has 83 heavy (non-hydrogen) atoms. The molecule has 0 aliphatic carbocycles. The molecule has 0 amide bonds. The largest absolute Gasteiger partial charge is 0.317 e. The van der Waals surface area contributed by atoms with E-state index in [4.69, 9.17) is 14.8 Å². The maximum Gasteiger partial charge on any atom is 0.220 e. The molecule has 14 aromatic rings. The molecule has 386 valence electrons. The molecule has 2 unspecified atom stereocenters. The van der Waals surface area contributed by atoms with Gasteiger partial charge in [0.2, 0.25) is 5.69 Å². The fraction of sp³-hybridized carbons (Fsp3) is 0.0260. The van der Waals surface area contributed by atoms with E-state index in [1.54, 1.807) is 0 Å². The first kappa shape index (κ1) is 46.8. The molecule has 3 aliphatic rings. The van der Waals surface area contributed by atoms with Crippen molar-refractivity contribution in [2.75, 3.05) is 4.90 Å². The summed E-state index contributed by atoms with van der Waals surface area (Å²) < 4.78 is 4.76. The zero-order valence-electron chi connectivity index (χ0n) is 44.9. The average Bonchev–Trinajstić information content (AvgIpc) is 2.07. The molecule has 0 saturated carbocycles. The van der Waals surface area contributed by atoms with Crippen molar-refractivity contribution in [3.63, 3.8) is 0 Å². The number of rotatable bonds is 8. The minimum absolute atomic E-state index is 0.210. The van der Waals surface area contributed by atoms with Gasteiger partial charge in [-0.2, -0.15) is 0 Å². The van der Waals surface area contributed by atoms with Gasteiger partial charge in [-0.1, -0.05) is 218 Å². The van der Waals surface area contributed by atoms with Crippen LogP contribution in [0.5, 0.6) is 0 Å². The molecule has 6 nitrogen and oxygen atoms in total. The third kappa shape index (κ3) is 7.15. The molecular formula is C77H48N6. The van der Waals surface area contributed by atoms with Crippen LogP contribution in [-0.2, 0) is 0 Å². The van der Waals surface area contributed by atoms with E-state index in [1.807, 2.05) is 0 Å². The van der Waals surface area contributed by atoms with Crippen molar-refractivity contribution in [3.8, 4) is 67.0 Å². The minimum Gasteiger partial charge on any atom is -0.317 e. The van der Waals surface area contributed by atoms with Crippen LogP contribution in [0.1, 0.15) is 39.9 Å². The number of benzene rings is 12. The molecule has 2 atom stereocenters. The summed E-state index contributed by atoms with van der Waals surface area (Å²) in [5, 5.41) is 2.23. The molecule has 17 rings (SSSR count). The fourth-order valence-corrected chi connectivity index (χ4v) is 13.7. The predicted octanol–water partition coefficient (Wildman–Crippen LogP) is 19.8. The Morgan fingerprint density at radius 1 is 0.349 bits per heavy atom.